The van der Waals surface area contributed by atoms with Gasteiger partial charge >= 0.3 is 0 Å². The largest absolute Gasteiger partial charge is 0.341 e. The second-order valence-electron chi connectivity index (χ2n) is 5.87. The fourth-order valence-corrected chi connectivity index (χ4v) is 3.97. The standard InChI is InChI=1S/C15H24N3O3S/c1-3-12-9-16-15(17-10-12)18-7-5-14(6-8-18)13(4-2)11-22(19,20)21/h9-10,13-14H,2-8,11H2,1H3,(H,19,20,21). The molecule has 1 fully saturated rings. The van der Waals surface area contributed by atoms with Gasteiger partial charge in [0.2, 0.25) is 5.95 Å². The average Bonchev–Trinajstić information content (AvgIpc) is 2.52. The molecule has 1 saturated heterocycles. The van der Waals surface area contributed by atoms with Crippen LogP contribution in [0.5, 0.6) is 0 Å². The summed E-state index contributed by atoms with van der Waals surface area (Å²) in [6.45, 7) is 7.50. The molecule has 0 spiro atoms. The predicted molar refractivity (Wildman–Crippen MR) is 86.2 cm³/mol. The van der Waals surface area contributed by atoms with Gasteiger partial charge in [-0.1, -0.05) is 13.8 Å². The third kappa shape index (κ3) is 4.64. The summed E-state index contributed by atoms with van der Waals surface area (Å²) in [5.41, 5.74) is 1.11. The molecule has 0 bridgehead atoms. The molecule has 0 aliphatic carbocycles. The predicted octanol–water partition coefficient (Wildman–Crippen LogP) is 1.98. The molecule has 1 unspecified atom stereocenters. The van der Waals surface area contributed by atoms with E-state index in [0.29, 0.717) is 6.42 Å². The molecule has 1 aliphatic rings. The molecule has 0 amide bonds. The van der Waals surface area contributed by atoms with Gasteiger partial charge in [0.25, 0.3) is 10.1 Å². The van der Waals surface area contributed by atoms with Crippen LogP contribution in [0.25, 0.3) is 0 Å². The molecule has 2 heterocycles. The van der Waals surface area contributed by atoms with Crippen LogP contribution in [0, 0.1) is 18.8 Å². The Hall–Kier alpha value is -1.21. The first-order valence-electron chi connectivity index (χ1n) is 7.73. The molecule has 6 nitrogen and oxygen atoms in total. The van der Waals surface area contributed by atoms with Crippen LogP contribution in [0.2, 0.25) is 0 Å². The van der Waals surface area contributed by atoms with Crippen LogP contribution in [0.3, 0.4) is 0 Å². The highest BCUT2D eigenvalue weighted by molar-refractivity contribution is 7.85. The molecule has 0 aromatic carbocycles. The number of aromatic nitrogens is 2. The molecule has 123 valence electrons. The van der Waals surface area contributed by atoms with E-state index in [-0.39, 0.29) is 17.6 Å². The molecular weight excluding hydrogens is 302 g/mol. The summed E-state index contributed by atoms with van der Waals surface area (Å²) >= 11 is 0. The Bertz CT molecular complexity index is 566. The number of aryl methyl sites for hydroxylation is 1. The van der Waals surface area contributed by atoms with Crippen molar-refractivity contribution in [2.45, 2.75) is 32.6 Å². The summed E-state index contributed by atoms with van der Waals surface area (Å²) in [6, 6.07) is 0. The summed E-state index contributed by atoms with van der Waals surface area (Å²) in [7, 11) is -3.94. The summed E-state index contributed by atoms with van der Waals surface area (Å²) in [5, 5.41) is 0. The van der Waals surface area contributed by atoms with E-state index >= 15 is 0 Å². The van der Waals surface area contributed by atoms with E-state index in [0.717, 1.165) is 43.9 Å². The molecule has 1 aromatic rings. The van der Waals surface area contributed by atoms with Crippen molar-refractivity contribution in [3.05, 3.63) is 24.9 Å². The van der Waals surface area contributed by atoms with Gasteiger partial charge in [-0.05, 0) is 43.1 Å². The fraction of sp³-hybridized carbons (Fsp3) is 0.667. The van der Waals surface area contributed by atoms with Crippen LogP contribution >= 0.6 is 0 Å². The lowest BCUT2D eigenvalue weighted by atomic mass is 9.84. The van der Waals surface area contributed by atoms with E-state index in [4.69, 9.17) is 4.55 Å². The Kier molecular flexibility index (Phi) is 5.74. The zero-order valence-corrected chi connectivity index (χ0v) is 13.8. The molecule has 22 heavy (non-hydrogen) atoms. The Morgan fingerprint density at radius 2 is 1.95 bits per heavy atom. The molecule has 1 aliphatic heterocycles. The lowest BCUT2D eigenvalue weighted by Gasteiger charge is -2.35. The maximum absolute atomic E-state index is 11.1. The smallest absolute Gasteiger partial charge is 0.265 e. The van der Waals surface area contributed by atoms with Gasteiger partial charge in [-0.2, -0.15) is 8.42 Å². The Morgan fingerprint density at radius 1 is 1.36 bits per heavy atom. The first-order chi connectivity index (χ1) is 10.4. The minimum atomic E-state index is -3.94. The highest BCUT2D eigenvalue weighted by Crippen LogP contribution is 2.29. The second kappa shape index (κ2) is 7.37. The normalized spacial score (nSPS) is 18.4. The number of hydrogen-bond acceptors (Lipinski definition) is 5. The van der Waals surface area contributed by atoms with Crippen LogP contribution in [-0.4, -0.2) is 41.8 Å². The summed E-state index contributed by atoms with van der Waals surface area (Å²) in [4.78, 5) is 10.9. The zero-order chi connectivity index (χ0) is 16.2. The van der Waals surface area contributed by atoms with E-state index in [1.165, 1.54) is 0 Å². The van der Waals surface area contributed by atoms with Crippen molar-refractivity contribution in [2.75, 3.05) is 23.7 Å². The molecule has 1 N–H and O–H groups in total. The van der Waals surface area contributed by atoms with Crippen molar-refractivity contribution in [1.29, 1.82) is 0 Å². The minimum absolute atomic E-state index is 0.0828. The lowest BCUT2D eigenvalue weighted by Crippen LogP contribution is -2.38. The number of rotatable bonds is 6. The van der Waals surface area contributed by atoms with Gasteiger partial charge in [-0.3, -0.25) is 4.55 Å². The zero-order valence-electron chi connectivity index (χ0n) is 13.0. The molecule has 1 atom stereocenters. The van der Waals surface area contributed by atoms with Gasteiger partial charge in [0.05, 0.1) is 5.75 Å². The fourth-order valence-electron chi connectivity index (χ4n) is 2.99. The summed E-state index contributed by atoms with van der Waals surface area (Å²) < 4.78 is 31.2. The van der Waals surface area contributed by atoms with Gasteiger partial charge in [0.1, 0.15) is 0 Å². The van der Waals surface area contributed by atoms with Crippen LogP contribution < -0.4 is 4.90 Å². The maximum Gasteiger partial charge on any atom is 0.265 e. The monoisotopic (exact) mass is 326 g/mol. The van der Waals surface area contributed by atoms with E-state index in [1.807, 2.05) is 12.4 Å². The maximum atomic E-state index is 11.1. The summed E-state index contributed by atoms with van der Waals surface area (Å²) in [6.07, 6.45) is 6.88. The van der Waals surface area contributed by atoms with E-state index in [2.05, 4.69) is 28.7 Å². The van der Waals surface area contributed by atoms with Crippen LogP contribution in [0.1, 0.15) is 31.7 Å². The van der Waals surface area contributed by atoms with Gasteiger partial charge in [-0.25, -0.2) is 9.97 Å². The molecule has 7 heteroatoms. The van der Waals surface area contributed by atoms with Gasteiger partial charge in [0, 0.05) is 25.5 Å². The average molecular weight is 326 g/mol. The van der Waals surface area contributed by atoms with Crippen LogP contribution in [0.15, 0.2) is 12.4 Å². The van der Waals surface area contributed by atoms with E-state index < -0.39 is 10.1 Å². The van der Waals surface area contributed by atoms with Crippen LogP contribution in [0.4, 0.5) is 5.95 Å². The molecule has 0 saturated carbocycles. The van der Waals surface area contributed by atoms with Crippen LogP contribution in [-0.2, 0) is 16.5 Å². The molecule has 2 rings (SSSR count). The highest BCUT2D eigenvalue weighted by atomic mass is 32.2. The van der Waals surface area contributed by atoms with E-state index in [1.54, 1.807) is 0 Å². The van der Waals surface area contributed by atoms with Gasteiger partial charge in [-0.15, -0.1) is 0 Å². The third-order valence-electron chi connectivity index (χ3n) is 4.38. The Balaban J connectivity index is 1.94. The number of hydrogen-bond donors (Lipinski definition) is 1. The topological polar surface area (TPSA) is 83.4 Å². The van der Waals surface area contributed by atoms with Crippen molar-refractivity contribution in [1.82, 2.24) is 9.97 Å². The Labute approximate surface area is 132 Å². The summed E-state index contributed by atoms with van der Waals surface area (Å²) in [5.74, 6) is 0.728. The molecule has 1 radical (unpaired) electrons. The molecule has 1 aromatic heterocycles. The quantitative estimate of drug-likeness (QED) is 0.805. The van der Waals surface area contributed by atoms with Gasteiger partial charge < -0.3 is 4.90 Å². The highest BCUT2D eigenvalue weighted by Gasteiger charge is 2.29. The van der Waals surface area contributed by atoms with Crippen molar-refractivity contribution < 1.29 is 13.0 Å². The minimum Gasteiger partial charge on any atom is -0.341 e. The lowest BCUT2D eigenvalue weighted by molar-refractivity contribution is 0.289. The molecular formula is C15H24N3O3S. The van der Waals surface area contributed by atoms with Crippen molar-refractivity contribution in [3.8, 4) is 0 Å². The second-order valence-corrected chi connectivity index (χ2v) is 7.36. The first-order valence-corrected chi connectivity index (χ1v) is 9.34. The third-order valence-corrected chi connectivity index (χ3v) is 5.23. The number of nitrogens with zero attached hydrogens (tertiary/aromatic N) is 3. The number of anilines is 1. The van der Waals surface area contributed by atoms with Crippen molar-refractivity contribution >= 4 is 16.1 Å². The Morgan fingerprint density at radius 3 is 2.41 bits per heavy atom. The van der Waals surface area contributed by atoms with Crippen molar-refractivity contribution in [3.63, 3.8) is 0 Å². The SMILES string of the molecule is [CH2]CC(CS(=O)(=O)O)C1CCN(c2ncc(CC)cn2)CC1. The van der Waals surface area contributed by atoms with Gasteiger partial charge in [0.15, 0.2) is 0 Å². The first kappa shape index (κ1) is 17.1. The van der Waals surface area contributed by atoms with E-state index in [9.17, 15) is 8.42 Å². The number of piperidine rings is 1. The van der Waals surface area contributed by atoms with Crippen molar-refractivity contribution in [2.24, 2.45) is 11.8 Å².